The minimum absolute atomic E-state index is 0.0559. The maximum absolute atomic E-state index is 13.9. The topological polar surface area (TPSA) is 96.0 Å². The van der Waals surface area contributed by atoms with E-state index in [1.54, 1.807) is 13.3 Å². The van der Waals surface area contributed by atoms with Crippen molar-refractivity contribution >= 4 is 22.7 Å². The molecule has 158 valence electrons. The molecule has 0 aliphatic heterocycles. The van der Waals surface area contributed by atoms with Gasteiger partial charge in [0.05, 0.1) is 23.9 Å². The number of hydrogen-bond acceptors (Lipinski definition) is 6. The average molecular weight is 423 g/mol. The Morgan fingerprint density at radius 1 is 1.23 bits per heavy atom. The molecule has 9 heteroatoms. The van der Waals surface area contributed by atoms with Crippen molar-refractivity contribution in [1.82, 2.24) is 20.2 Å². The van der Waals surface area contributed by atoms with Crippen LogP contribution in [0.4, 0.5) is 20.4 Å². The lowest BCUT2D eigenvalue weighted by Gasteiger charge is -2.10. The third-order valence-electron chi connectivity index (χ3n) is 4.72. The van der Waals surface area contributed by atoms with E-state index in [2.05, 4.69) is 32.1 Å². The van der Waals surface area contributed by atoms with Gasteiger partial charge in [-0.2, -0.15) is 10.1 Å². The highest BCUT2D eigenvalue weighted by molar-refractivity contribution is 5.92. The monoisotopic (exact) mass is 423 g/mol. The van der Waals surface area contributed by atoms with Crippen molar-refractivity contribution in [2.24, 2.45) is 0 Å². The first-order chi connectivity index (χ1) is 14.9. The second kappa shape index (κ2) is 8.39. The van der Waals surface area contributed by atoms with Crippen LogP contribution >= 0.6 is 0 Å². The predicted octanol–water partition coefficient (Wildman–Crippen LogP) is 5.05. The van der Waals surface area contributed by atoms with Crippen molar-refractivity contribution in [2.75, 3.05) is 12.4 Å². The molecule has 3 N–H and O–H groups in total. The number of nitrogens with zero attached hydrogens (tertiary/aromatic N) is 3. The number of allylic oxidation sites excluding steroid dienone is 1. The number of methoxy groups -OCH3 is 1. The normalized spacial score (nSPS) is 10.9. The molecule has 2 aromatic carbocycles. The summed E-state index contributed by atoms with van der Waals surface area (Å²) in [6.07, 6.45) is 2.63. The lowest BCUT2D eigenvalue weighted by atomic mass is 10.0. The quantitative estimate of drug-likeness (QED) is 0.360. The van der Waals surface area contributed by atoms with E-state index in [9.17, 15) is 13.9 Å². The van der Waals surface area contributed by atoms with Gasteiger partial charge in [-0.1, -0.05) is 12.6 Å². The third-order valence-corrected chi connectivity index (χ3v) is 4.72. The molecule has 0 amide bonds. The molecule has 0 radical (unpaired) electrons. The molecule has 2 aromatic heterocycles. The number of aryl methyl sites for hydroxylation is 1. The minimum atomic E-state index is -0.749. The first-order valence-corrected chi connectivity index (χ1v) is 9.42. The fraction of sp³-hybridized carbons (Fsp3) is 0.136. The van der Waals surface area contributed by atoms with Gasteiger partial charge in [-0.05, 0) is 36.2 Å². The largest absolute Gasteiger partial charge is 0.513 e. The third kappa shape index (κ3) is 4.30. The Bertz CT molecular complexity index is 1270. The van der Waals surface area contributed by atoms with Crippen LogP contribution in [0.15, 0.2) is 54.9 Å². The number of benzene rings is 2. The maximum Gasteiger partial charge on any atom is 0.229 e. The molecule has 0 atom stereocenters. The Morgan fingerprint density at radius 3 is 2.81 bits per heavy atom. The highest BCUT2D eigenvalue weighted by atomic mass is 19.1. The Labute approximate surface area is 176 Å². The Balaban J connectivity index is 1.68. The molecule has 0 saturated carbocycles. The highest BCUT2D eigenvalue weighted by Gasteiger charge is 2.16. The van der Waals surface area contributed by atoms with Crippen molar-refractivity contribution in [3.8, 4) is 17.0 Å². The molecule has 0 bridgehead atoms. The number of fused-ring (bicyclic) bond motifs is 1. The lowest BCUT2D eigenvalue weighted by molar-refractivity contribution is 0.391. The molecule has 0 unspecified atom stereocenters. The van der Waals surface area contributed by atoms with E-state index < -0.39 is 11.6 Å². The molecular formula is C22H19F2N5O2. The number of ether oxygens (including phenoxy) is 1. The number of hydrogen-bond donors (Lipinski definition) is 3. The van der Waals surface area contributed by atoms with Crippen molar-refractivity contribution in [3.05, 3.63) is 72.1 Å². The summed E-state index contributed by atoms with van der Waals surface area (Å²) >= 11 is 0. The molecule has 0 fully saturated rings. The number of halogens is 2. The van der Waals surface area contributed by atoms with E-state index in [0.29, 0.717) is 35.3 Å². The predicted molar refractivity (Wildman–Crippen MR) is 113 cm³/mol. The number of nitrogens with one attached hydrogen (secondary N) is 2. The van der Waals surface area contributed by atoms with Gasteiger partial charge >= 0.3 is 0 Å². The molecule has 0 aliphatic rings. The van der Waals surface area contributed by atoms with Crippen molar-refractivity contribution in [1.29, 1.82) is 0 Å². The molecule has 0 spiro atoms. The van der Waals surface area contributed by atoms with E-state index in [0.717, 1.165) is 23.3 Å². The van der Waals surface area contributed by atoms with E-state index in [-0.39, 0.29) is 17.4 Å². The van der Waals surface area contributed by atoms with Crippen LogP contribution in [-0.4, -0.2) is 32.4 Å². The van der Waals surface area contributed by atoms with Crippen LogP contribution in [0.5, 0.6) is 5.75 Å². The molecule has 0 aliphatic carbocycles. The standard InChI is InChI=1S/C22H19F2N5O2/c1-12(30)3-4-13-5-8-19(31-2)15(9-13)20-16-11-25-22(27-21(16)29-28-20)26-18-7-6-14(23)10-17(18)24/h5-11,30H,1,3-4H2,2H3,(H2,25,26,27,28,29). The molecule has 7 nitrogen and oxygen atoms in total. The summed E-state index contributed by atoms with van der Waals surface area (Å²) in [5, 5.41) is 20.0. The van der Waals surface area contributed by atoms with Crippen LogP contribution in [0.25, 0.3) is 22.3 Å². The smallest absolute Gasteiger partial charge is 0.229 e. The zero-order chi connectivity index (χ0) is 22.0. The molecule has 0 saturated heterocycles. The van der Waals surface area contributed by atoms with Crippen LogP contribution in [0.3, 0.4) is 0 Å². The van der Waals surface area contributed by atoms with Crippen LogP contribution in [-0.2, 0) is 6.42 Å². The zero-order valence-corrected chi connectivity index (χ0v) is 16.6. The van der Waals surface area contributed by atoms with E-state index >= 15 is 0 Å². The summed E-state index contributed by atoms with van der Waals surface area (Å²) in [5.74, 6) is -0.544. The summed E-state index contributed by atoms with van der Waals surface area (Å²) in [6, 6.07) is 8.87. The summed E-state index contributed by atoms with van der Waals surface area (Å²) in [7, 11) is 1.57. The molecule has 31 heavy (non-hydrogen) atoms. The van der Waals surface area contributed by atoms with E-state index in [1.807, 2.05) is 18.2 Å². The summed E-state index contributed by atoms with van der Waals surface area (Å²) in [5.41, 5.74) is 2.81. The van der Waals surface area contributed by atoms with Gasteiger partial charge in [0.25, 0.3) is 0 Å². The average Bonchev–Trinajstić information content (AvgIpc) is 3.17. The maximum atomic E-state index is 13.9. The highest BCUT2D eigenvalue weighted by Crippen LogP contribution is 2.34. The van der Waals surface area contributed by atoms with Gasteiger partial charge in [-0.15, -0.1) is 0 Å². The number of H-pyrrole nitrogens is 1. The van der Waals surface area contributed by atoms with Crippen molar-refractivity contribution < 1.29 is 18.6 Å². The van der Waals surface area contributed by atoms with Crippen molar-refractivity contribution in [2.45, 2.75) is 12.8 Å². The van der Waals surface area contributed by atoms with Gasteiger partial charge in [-0.3, -0.25) is 5.10 Å². The number of anilines is 2. The molecule has 4 aromatic rings. The lowest BCUT2D eigenvalue weighted by Crippen LogP contribution is -1.99. The summed E-state index contributed by atoms with van der Waals surface area (Å²) in [4.78, 5) is 8.56. The van der Waals surface area contributed by atoms with Crippen LogP contribution in [0.2, 0.25) is 0 Å². The van der Waals surface area contributed by atoms with Gasteiger partial charge < -0.3 is 15.2 Å². The SMILES string of the molecule is C=C(O)CCc1ccc(OC)c(-c2n[nH]c3nc(Nc4ccc(F)cc4F)ncc23)c1. The molecule has 4 rings (SSSR count). The first-order valence-electron chi connectivity index (χ1n) is 9.42. The number of aromatic nitrogens is 4. The Kier molecular flexibility index (Phi) is 5.48. The molecule has 2 heterocycles. The number of aliphatic hydroxyl groups is 1. The number of aromatic amines is 1. The van der Waals surface area contributed by atoms with Crippen LogP contribution in [0, 0.1) is 11.6 Å². The second-order valence-corrected chi connectivity index (χ2v) is 6.88. The number of rotatable bonds is 7. The van der Waals surface area contributed by atoms with Gasteiger partial charge in [0.15, 0.2) is 5.65 Å². The van der Waals surface area contributed by atoms with Gasteiger partial charge in [0.1, 0.15) is 23.1 Å². The van der Waals surface area contributed by atoms with Gasteiger partial charge in [0.2, 0.25) is 5.95 Å². The van der Waals surface area contributed by atoms with Crippen molar-refractivity contribution in [3.63, 3.8) is 0 Å². The number of aliphatic hydroxyl groups excluding tert-OH is 1. The van der Waals surface area contributed by atoms with E-state index in [4.69, 9.17) is 4.74 Å². The first kappa shape index (κ1) is 20.3. The Hall–Kier alpha value is -4.01. The minimum Gasteiger partial charge on any atom is -0.513 e. The second-order valence-electron chi connectivity index (χ2n) is 6.88. The molecular weight excluding hydrogens is 404 g/mol. The van der Waals surface area contributed by atoms with E-state index in [1.165, 1.54) is 6.07 Å². The fourth-order valence-electron chi connectivity index (χ4n) is 3.17. The zero-order valence-electron chi connectivity index (χ0n) is 16.6. The van der Waals surface area contributed by atoms with Crippen LogP contribution in [0.1, 0.15) is 12.0 Å². The van der Waals surface area contributed by atoms with Gasteiger partial charge in [-0.25, -0.2) is 13.8 Å². The van der Waals surface area contributed by atoms with Gasteiger partial charge in [0, 0.05) is 24.2 Å². The van der Waals surface area contributed by atoms with Crippen LogP contribution < -0.4 is 10.1 Å². The summed E-state index contributed by atoms with van der Waals surface area (Å²) < 4.78 is 32.5. The fourth-order valence-corrected chi connectivity index (χ4v) is 3.17. The Morgan fingerprint density at radius 2 is 2.06 bits per heavy atom. The summed E-state index contributed by atoms with van der Waals surface area (Å²) in [6.45, 7) is 3.51.